The van der Waals surface area contributed by atoms with Crippen molar-refractivity contribution in [3.63, 3.8) is 0 Å². The number of rotatable bonds is 15. The molecule has 6 aromatic rings. The fourth-order valence-electron chi connectivity index (χ4n) is 8.11. The number of aryl methyl sites for hydroxylation is 6. The maximum Gasteiger partial charge on any atom is 0.356 e. The summed E-state index contributed by atoms with van der Waals surface area (Å²) in [6.07, 6.45) is 17.9. The molecule has 61 heavy (non-hydrogen) atoms. The number of hydrogen-bond donors (Lipinski definition) is 1. The van der Waals surface area contributed by atoms with Crippen molar-refractivity contribution in [2.45, 2.75) is 158 Å². The predicted molar refractivity (Wildman–Crippen MR) is 253 cm³/mol. The highest BCUT2D eigenvalue weighted by atomic mass is 16.4. The van der Waals surface area contributed by atoms with Crippen LogP contribution in [0.1, 0.15) is 162 Å². The Morgan fingerprint density at radius 2 is 1.03 bits per heavy atom. The first-order valence-corrected chi connectivity index (χ1v) is 22.5. The molecule has 0 bridgehead atoms. The van der Waals surface area contributed by atoms with Crippen LogP contribution in [0.15, 0.2) is 79.3 Å². The molecule has 0 amide bonds. The van der Waals surface area contributed by atoms with Crippen molar-refractivity contribution in [2.24, 2.45) is 0 Å². The van der Waals surface area contributed by atoms with Gasteiger partial charge in [0.1, 0.15) is 11.4 Å². The standard InChI is InChI=1S/C27H35N3O2.C26H35N3/c1-7-8-9-10-12-20-15-18(2)24(19(3)16-20)30-17-22(26(31)32)29-25(30)21-13-11-14-23(28-21)27(4,5)6;1-7-8-9-10-12-21-17-19(2)24(20(3)18-21)29-16-15-27-25(29)22-13-11-14-23(28-22)26(4,5)6/h11,13-17H,7-10,12H2,1-6H3,(H,31,32);11,13-18H,7-10,12H2,1-6H3. The van der Waals surface area contributed by atoms with E-state index in [0.717, 1.165) is 52.6 Å². The normalized spacial score (nSPS) is 11.7. The molecule has 1 N–H and O–H groups in total. The molecule has 8 heteroatoms. The maximum absolute atomic E-state index is 11.8. The maximum atomic E-state index is 11.8. The minimum absolute atomic E-state index is 0.0126. The molecule has 0 unspecified atom stereocenters. The Kier molecular flexibility index (Phi) is 15.7. The molecule has 8 nitrogen and oxygen atoms in total. The molecule has 0 atom stereocenters. The van der Waals surface area contributed by atoms with Crippen LogP contribution in [0.2, 0.25) is 0 Å². The van der Waals surface area contributed by atoms with E-state index >= 15 is 0 Å². The lowest BCUT2D eigenvalue weighted by atomic mass is 9.91. The summed E-state index contributed by atoms with van der Waals surface area (Å²) in [4.78, 5) is 30.6. The largest absolute Gasteiger partial charge is 0.476 e. The molecule has 0 saturated carbocycles. The summed E-state index contributed by atoms with van der Waals surface area (Å²) < 4.78 is 4.09. The van der Waals surface area contributed by atoms with Crippen LogP contribution in [0, 0.1) is 27.7 Å². The highest BCUT2D eigenvalue weighted by molar-refractivity contribution is 5.86. The SMILES string of the molecule is CCCCCCc1cc(C)c(-n2cc(C(=O)O)nc2-c2cccc(C(C)(C)C)n2)c(C)c1.CCCCCCc1cc(C)c(-n2ccnc2-c2cccc(C(C)(C)C)n2)c(C)c1. The zero-order valence-electron chi connectivity index (χ0n) is 39.1. The fraction of sp³-hybridized carbons (Fsp3) is 0.453. The third-order valence-corrected chi connectivity index (χ3v) is 11.3. The number of aromatic carboxylic acids is 1. The van der Waals surface area contributed by atoms with Crippen LogP contribution < -0.4 is 0 Å². The molecule has 6 rings (SSSR count). The lowest BCUT2D eigenvalue weighted by Gasteiger charge is -2.19. The Hall–Kier alpha value is -5.37. The summed E-state index contributed by atoms with van der Waals surface area (Å²) in [6.45, 7) is 26.0. The first-order valence-electron chi connectivity index (χ1n) is 22.5. The summed E-state index contributed by atoms with van der Waals surface area (Å²) in [5.74, 6) is 0.410. The van der Waals surface area contributed by atoms with E-state index < -0.39 is 5.97 Å². The molecule has 0 spiro atoms. The summed E-state index contributed by atoms with van der Waals surface area (Å²) in [6, 6.07) is 21.2. The minimum atomic E-state index is -1.04. The molecule has 2 aromatic carbocycles. The Labute approximate surface area is 366 Å². The third-order valence-electron chi connectivity index (χ3n) is 11.3. The topological polar surface area (TPSA) is 98.7 Å². The van der Waals surface area contributed by atoms with E-state index in [1.807, 2.05) is 29.0 Å². The number of carboxylic acid groups (broad SMARTS) is 1. The van der Waals surface area contributed by atoms with E-state index in [0.29, 0.717) is 11.5 Å². The first kappa shape index (κ1) is 46.7. The van der Waals surface area contributed by atoms with Gasteiger partial charge in [-0.2, -0.15) is 0 Å². The van der Waals surface area contributed by atoms with Crippen LogP contribution >= 0.6 is 0 Å². The van der Waals surface area contributed by atoms with Crippen molar-refractivity contribution in [3.05, 3.63) is 130 Å². The molecule has 0 fully saturated rings. The van der Waals surface area contributed by atoms with Crippen molar-refractivity contribution in [1.82, 2.24) is 29.1 Å². The smallest absolute Gasteiger partial charge is 0.356 e. The number of pyridine rings is 2. The van der Waals surface area contributed by atoms with Crippen molar-refractivity contribution < 1.29 is 9.90 Å². The number of carboxylic acids is 1. The molecule has 0 radical (unpaired) electrons. The first-order chi connectivity index (χ1) is 28.9. The number of benzene rings is 2. The zero-order valence-corrected chi connectivity index (χ0v) is 39.1. The summed E-state index contributed by atoms with van der Waals surface area (Å²) in [5, 5.41) is 9.63. The Bertz CT molecular complexity index is 2360. The minimum Gasteiger partial charge on any atom is -0.476 e. The molecule has 0 aliphatic rings. The van der Waals surface area contributed by atoms with Crippen molar-refractivity contribution >= 4 is 5.97 Å². The lowest BCUT2D eigenvalue weighted by molar-refractivity contribution is 0.0691. The van der Waals surface area contributed by atoms with E-state index in [4.69, 9.17) is 9.97 Å². The quantitative estimate of drug-likeness (QED) is 0.104. The lowest BCUT2D eigenvalue weighted by Crippen LogP contribution is -2.14. The van der Waals surface area contributed by atoms with Crippen molar-refractivity contribution in [3.8, 4) is 34.4 Å². The summed E-state index contributed by atoms with van der Waals surface area (Å²) >= 11 is 0. The van der Waals surface area contributed by atoms with E-state index in [9.17, 15) is 9.90 Å². The van der Waals surface area contributed by atoms with E-state index in [1.165, 1.54) is 79.3 Å². The van der Waals surface area contributed by atoms with Gasteiger partial charge in [0.2, 0.25) is 0 Å². The summed E-state index contributed by atoms with van der Waals surface area (Å²) in [5.41, 5.74) is 13.3. The van der Waals surface area contributed by atoms with Gasteiger partial charge in [-0.05, 0) is 111 Å². The van der Waals surface area contributed by atoms with Crippen LogP contribution in [-0.2, 0) is 23.7 Å². The second-order valence-electron chi connectivity index (χ2n) is 18.8. The Morgan fingerprint density at radius 3 is 1.46 bits per heavy atom. The number of unbranched alkanes of at least 4 members (excludes halogenated alkanes) is 6. The summed E-state index contributed by atoms with van der Waals surface area (Å²) in [7, 11) is 0. The highest BCUT2D eigenvalue weighted by Crippen LogP contribution is 2.31. The van der Waals surface area contributed by atoms with Crippen LogP contribution in [0.25, 0.3) is 34.4 Å². The van der Waals surface area contributed by atoms with Gasteiger partial charge in [0.15, 0.2) is 17.3 Å². The van der Waals surface area contributed by atoms with Crippen LogP contribution in [0.5, 0.6) is 0 Å². The molecule has 0 aliphatic heterocycles. The average molecular weight is 823 g/mol. The number of carbonyl (C=O) groups is 1. The van der Waals surface area contributed by atoms with Gasteiger partial charge in [0.25, 0.3) is 0 Å². The molecule has 4 aromatic heterocycles. The Balaban J connectivity index is 0.000000232. The van der Waals surface area contributed by atoms with Gasteiger partial charge in [-0.15, -0.1) is 0 Å². The molecule has 4 heterocycles. The van der Waals surface area contributed by atoms with Gasteiger partial charge in [0, 0.05) is 40.8 Å². The van der Waals surface area contributed by atoms with Gasteiger partial charge >= 0.3 is 5.97 Å². The van der Waals surface area contributed by atoms with Gasteiger partial charge in [-0.3, -0.25) is 9.13 Å². The van der Waals surface area contributed by atoms with Crippen LogP contribution in [0.4, 0.5) is 0 Å². The highest BCUT2D eigenvalue weighted by Gasteiger charge is 2.23. The number of hydrogen-bond acceptors (Lipinski definition) is 5. The van der Waals surface area contributed by atoms with Crippen molar-refractivity contribution in [2.75, 3.05) is 0 Å². The van der Waals surface area contributed by atoms with Gasteiger partial charge in [-0.1, -0.05) is 130 Å². The molecule has 0 aliphatic carbocycles. The second kappa shape index (κ2) is 20.5. The molecular weight excluding hydrogens is 753 g/mol. The van der Waals surface area contributed by atoms with E-state index in [2.05, 4.69) is 146 Å². The number of imidazole rings is 2. The Morgan fingerprint density at radius 1 is 0.590 bits per heavy atom. The van der Waals surface area contributed by atoms with Gasteiger partial charge in [0.05, 0.1) is 11.4 Å². The number of nitrogens with zero attached hydrogens (tertiary/aromatic N) is 6. The second-order valence-corrected chi connectivity index (χ2v) is 18.8. The van der Waals surface area contributed by atoms with Crippen LogP contribution in [0.3, 0.4) is 0 Å². The molecular formula is C53H70N6O2. The van der Waals surface area contributed by atoms with Crippen LogP contribution in [-0.4, -0.2) is 40.1 Å². The fourth-order valence-corrected chi connectivity index (χ4v) is 8.11. The monoisotopic (exact) mass is 823 g/mol. The van der Waals surface area contributed by atoms with Crippen molar-refractivity contribution in [1.29, 1.82) is 0 Å². The average Bonchev–Trinajstić information content (AvgIpc) is 3.86. The van der Waals surface area contributed by atoms with Gasteiger partial charge in [-0.25, -0.2) is 24.7 Å². The zero-order chi connectivity index (χ0) is 44.5. The van der Waals surface area contributed by atoms with Gasteiger partial charge < -0.3 is 5.11 Å². The molecule has 0 saturated heterocycles. The third kappa shape index (κ3) is 11.9. The van der Waals surface area contributed by atoms with E-state index in [-0.39, 0.29) is 16.5 Å². The molecule has 324 valence electrons. The van der Waals surface area contributed by atoms with E-state index in [1.54, 1.807) is 6.20 Å². The number of aromatic nitrogens is 6. The predicted octanol–water partition coefficient (Wildman–Crippen LogP) is 13.6.